The van der Waals surface area contributed by atoms with Gasteiger partial charge in [-0.25, -0.2) is 9.97 Å². The first kappa shape index (κ1) is 12.8. The minimum atomic E-state index is -0.875. The number of nitrogen functional groups attached to an aromatic ring is 1. The van der Waals surface area contributed by atoms with E-state index >= 15 is 0 Å². The zero-order valence-electron chi connectivity index (χ0n) is 10.4. The van der Waals surface area contributed by atoms with Crippen LogP contribution in [-0.4, -0.2) is 21.0 Å². The Kier molecular flexibility index (Phi) is 3.61. The maximum atomic E-state index is 10.8. The number of nitrogens with two attached hydrogens (primary N) is 1. The quantitative estimate of drug-likeness (QED) is 0.772. The number of carbonyl (C=O) groups is 1. The van der Waals surface area contributed by atoms with Gasteiger partial charge >= 0.3 is 5.97 Å². The summed E-state index contributed by atoms with van der Waals surface area (Å²) in [5.74, 6) is -0.665. The number of hydrogen-bond acceptors (Lipinski definition) is 5. The highest BCUT2D eigenvalue weighted by molar-refractivity contribution is 5.75. The summed E-state index contributed by atoms with van der Waals surface area (Å²) < 4.78 is 0. The standard InChI is InChI=1S/C13H14N4O2/c1-8-11(7-15-13(14)16-8)17-10-5-3-2-4-9(10)6-12(18)19/h2-5,7,17H,6H2,1H3,(H,18,19)(H2,14,15,16). The Morgan fingerprint density at radius 3 is 2.79 bits per heavy atom. The summed E-state index contributed by atoms with van der Waals surface area (Å²) >= 11 is 0. The summed E-state index contributed by atoms with van der Waals surface area (Å²) in [6.07, 6.45) is 1.53. The molecule has 98 valence electrons. The lowest BCUT2D eigenvalue weighted by Crippen LogP contribution is -2.05. The van der Waals surface area contributed by atoms with Crippen molar-refractivity contribution in [3.05, 3.63) is 41.7 Å². The number of carboxylic acid groups (broad SMARTS) is 1. The molecule has 2 aromatic rings. The SMILES string of the molecule is Cc1nc(N)ncc1Nc1ccccc1CC(=O)O. The van der Waals surface area contributed by atoms with Crippen LogP contribution >= 0.6 is 0 Å². The Labute approximate surface area is 110 Å². The second-order valence-electron chi connectivity index (χ2n) is 4.08. The van der Waals surface area contributed by atoms with E-state index in [1.165, 1.54) is 0 Å². The summed E-state index contributed by atoms with van der Waals surface area (Å²) in [5.41, 5.74) is 8.32. The number of nitrogens with zero attached hydrogens (tertiary/aromatic N) is 2. The highest BCUT2D eigenvalue weighted by Gasteiger charge is 2.08. The first-order valence-electron chi connectivity index (χ1n) is 5.72. The van der Waals surface area contributed by atoms with Gasteiger partial charge in [-0.2, -0.15) is 0 Å². The smallest absolute Gasteiger partial charge is 0.307 e. The topological polar surface area (TPSA) is 101 Å². The van der Waals surface area contributed by atoms with Gasteiger partial charge in [-0.1, -0.05) is 18.2 Å². The Bertz CT molecular complexity index is 613. The van der Waals surface area contributed by atoms with Crippen molar-refractivity contribution in [3.63, 3.8) is 0 Å². The average molecular weight is 258 g/mol. The fourth-order valence-electron chi connectivity index (χ4n) is 1.71. The fraction of sp³-hybridized carbons (Fsp3) is 0.154. The van der Waals surface area contributed by atoms with Gasteiger partial charge in [0, 0.05) is 5.69 Å². The van der Waals surface area contributed by atoms with E-state index in [1.807, 2.05) is 12.1 Å². The van der Waals surface area contributed by atoms with E-state index in [0.29, 0.717) is 16.9 Å². The van der Waals surface area contributed by atoms with Gasteiger partial charge in [-0.3, -0.25) is 4.79 Å². The number of para-hydroxylation sites is 1. The Balaban J connectivity index is 2.30. The van der Waals surface area contributed by atoms with Crippen LogP contribution in [0.5, 0.6) is 0 Å². The summed E-state index contributed by atoms with van der Waals surface area (Å²) in [6, 6.07) is 7.22. The van der Waals surface area contributed by atoms with Crippen molar-refractivity contribution in [1.29, 1.82) is 0 Å². The predicted octanol–water partition coefficient (Wildman–Crippen LogP) is 1.74. The van der Waals surface area contributed by atoms with E-state index in [0.717, 1.165) is 5.69 Å². The molecule has 0 aliphatic rings. The zero-order valence-corrected chi connectivity index (χ0v) is 10.4. The molecule has 0 fully saturated rings. The molecule has 0 spiro atoms. The van der Waals surface area contributed by atoms with Crippen molar-refractivity contribution in [2.75, 3.05) is 11.1 Å². The number of carboxylic acids is 1. The molecule has 0 saturated carbocycles. The summed E-state index contributed by atoms with van der Waals surface area (Å²) in [4.78, 5) is 18.8. The molecule has 0 unspecified atom stereocenters. The van der Waals surface area contributed by atoms with Crippen LogP contribution < -0.4 is 11.1 Å². The van der Waals surface area contributed by atoms with Crippen LogP contribution in [0.3, 0.4) is 0 Å². The minimum absolute atomic E-state index is 0.0436. The Hall–Kier alpha value is -2.63. The number of hydrogen-bond donors (Lipinski definition) is 3. The molecule has 0 saturated heterocycles. The average Bonchev–Trinajstić information content (AvgIpc) is 2.34. The van der Waals surface area contributed by atoms with Crippen molar-refractivity contribution >= 4 is 23.3 Å². The van der Waals surface area contributed by atoms with Crippen molar-refractivity contribution in [1.82, 2.24) is 9.97 Å². The number of aryl methyl sites for hydroxylation is 1. The number of anilines is 3. The van der Waals surface area contributed by atoms with Gasteiger partial charge < -0.3 is 16.2 Å². The predicted molar refractivity (Wildman–Crippen MR) is 72.2 cm³/mol. The van der Waals surface area contributed by atoms with Crippen LogP contribution in [0.25, 0.3) is 0 Å². The lowest BCUT2D eigenvalue weighted by Gasteiger charge is -2.12. The molecule has 0 amide bonds. The van der Waals surface area contributed by atoms with E-state index in [-0.39, 0.29) is 12.4 Å². The van der Waals surface area contributed by atoms with Gasteiger partial charge in [-0.15, -0.1) is 0 Å². The van der Waals surface area contributed by atoms with E-state index in [1.54, 1.807) is 25.3 Å². The molecular weight excluding hydrogens is 244 g/mol. The molecule has 4 N–H and O–H groups in total. The number of nitrogens with one attached hydrogen (secondary N) is 1. The third-order valence-electron chi connectivity index (χ3n) is 2.63. The van der Waals surface area contributed by atoms with Crippen LogP contribution in [-0.2, 0) is 11.2 Å². The van der Waals surface area contributed by atoms with Crippen LogP contribution in [0.2, 0.25) is 0 Å². The largest absolute Gasteiger partial charge is 0.481 e. The van der Waals surface area contributed by atoms with Gasteiger partial charge in [0.15, 0.2) is 0 Å². The van der Waals surface area contributed by atoms with Crippen molar-refractivity contribution in [2.24, 2.45) is 0 Å². The number of aliphatic carboxylic acids is 1. The lowest BCUT2D eigenvalue weighted by molar-refractivity contribution is -0.136. The van der Waals surface area contributed by atoms with E-state index in [2.05, 4.69) is 15.3 Å². The van der Waals surface area contributed by atoms with Crippen LogP contribution in [0.1, 0.15) is 11.3 Å². The molecular formula is C13H14N4O2. The van der Waals surface area contributed by atoms with E-state index < -0.39 is 5.97 Å². The minimum Gasteiger partial charge on any atom is -0.481 e. The van der Waals surface area contributed by atoms with Gasteiger partial charge in [0.2, 0.25) is 5.95 Å². The molecule has 1 aromatic heterocycles. The molecule has 6 heteroatoms. The third kappa shape index (κ3) is 3.19. The zero-order chi connectivity index (χ0) is 13.8. The molecule has 0 aliphatic heterocycles. The molecule has 1 aromatic carbocycles. The summed E-state index contributed by atoms with van der Waals surface area (Å²) in [7, 11) is 0. The molecule has 0 atom stereocenters. The Morgan fingerprint density at radius 1 is 1.37 bits per heavy atom. The van der Waals surface area contributed by atoms with Gasteiger partial charge in [-0.05, 0) is 18.6 Å². The normalized spacial score (nSPS) is 10.2. The van der Waals surface area contributed by atoms with E-state index in [9.17, 15) is 4.79 Å². The third-order valence-corrected chi connectivity index (χ3v) is 2.63. The molecule has 6 nitrogen and oxygen atoms in total. The molecule has 19 heavy (non-hydrogen) atoms. The number of benzene rings is 1. The van der Waals surface area contributed by atoms with Crippen LogP contribution in [0.15, 0.2) is 30.5 Å². The maximum absolute atomic E-state index is 10.8. The first-order valence-corrected chi connectivity index (χ1v) is 5.72. The van der Waals surface area contributed by atoms with Gasteiger partial charge in [0.1, 0.15) is 0 Å². The molecule has 0 radical (unpaired) electrons. The van der Waals surface area contributed by atoms with Crippen LogP contribution in [0, 0.1) is 6.92 Å². The highest BCUT2D eigenvalue weighted by Crippen LogP contribution is 2.22. The number of aromatic nitrogens is 2. The van der Waals surface area contributed by atoms with E-state index in [4.69, 9.17) is 10.8 Å². The number of rotatable bonds is 4. The van der Waals surface area contributed by atoms with Crippen molar-refractivity contribution in [3.8, 4) is 0 Å². The van der Waals surface area contributed by atoms with Crippen LogP contribution in [0.4, 0.5) is 17.3 Å². The monoisotopic (exact) mass is 258 g/mol. The second kappa shape index (κ2) is 5.34. The lowest BCUT2D eigenvalue weighted by atomic mass is 10.1. The molecule has 1 heterocycles. The second-order valence-corrected chi connectivity index (χ2v) is 4.08. The van der Waals surface area contributed by atoms with Crippen molar-refractivity contribution < 1.29 is 9.90 Å². The summed E-state index contributed by atoms with van der Waals surface area (Å²) in [5, 5.41) is 12.0. The maximum Gasteiger partial charge on any atom is 0.307 e. The van der Waals surface area contributed by atoms with Gasteiger partial charge in [0.25, 0.3) is 0 Å². The summed E-state index contributed by atoms with van der Waals surface area (Å²) in [6.45, 7) is 1.81. The highest BCUT2D eigenvalue weighted by atomic mass is 16.4. The van der Waals surface area contributed by atoms with Crippen molar-refractivity contribution in [2.45, 2.75) is 13.3 Å². The molecule has 2 rings (SSSR count). The first-order chi connectivity index (χ1) is 9.06. The fourth-order valence-corrected chi connectivity index (χ4v) is 1.71. The Morgan fingerprint density at radius 2 is 2.11 bits per heavy atom. The molecule has 0 bridgehead atoms. The van der Waals surface area contributed by atoms with Gasteiger partial charge in [0.05, 0.1) is 24.0 Å². The molecule has 0 aliphatic carbocycles.